The maximum Gasteiger partial charge on any atom is 0.0135 e. The van der Waals surface area contributed by atoms with Crippen LogP contribution in [-0.4, -0.2) is 49.1 Å². The van der Waals surface area contributed by atoms with Crippen molar-refractivity contribution in [2.75, 3.05) is 39.0 Å². The average molecular weight is 220 g/mol. The Kier molecular flexibility index (Phi) is 6.28. The fraction of sp³-hybridized carbons (Fsp3) is 1.00. The van der Waals surface area contributed by atoms with E-state index in [2.05, 4.69) is 23.4 Å². The normalized spacial score (nSPS) is 21.7. The molecule has 1 fully saturated rings. The van der Waals surface area contributed by atoms with Crippen LogP contribution in [0.4, 0.5) is 0 Å². The Morgan fingerprint density at radius 2 is 2.08 bits per heavy atom. The fourth-order valence-electron chi connectivity index (χ4n) is 1.51. The molecule has 1 saturated heterocycles. The molecule has 0 radical (unpaired) electrons. The molecule has 0 aromatic rings. The zero-order chi connectivity index (χ0) is 9.52. The molecule has 0 aromatic heterocycles. The molecule has 0 amide bonds. The molecule has 1 heterocycles. The van der Waals surface area contributed by atoms with Gasteiger partial charge >= 0.3 is 0 Å². The van der Waals surface area contributed by atoms with E-state index in [0.29, 0.717) is 0 Å². The second-order valence-corrected chi connectivity index (χ2v) is 6.36. The summed E-state index contributed by atoms with van der Waals surface area (Å²) in [6.45, 7) is 8.40. The summed E-state index contributed by atoms with van der Waals surface area (Å²) in [6.07, 6.45) is 3.48. The minimum atomic E-state index is 0.796. The van der Waals surface area contributed by atoms with Gasteiger partial charge in [-0.1, -0.05) is 28.5 Å². The largest absolute Gasteiger partial charge is 0.314 e. The molecule has 0 aliphatic carbocycles. The van der Waals surface area contributed by atoms with Crippen molar-refractivity contribution in [3.63, 3.8) is 0 Å². The van der Waals surface area contributed by atoms with E-state index in [-0.39, 0.29) is 0 Å². The minimum Gasteiger partial charge on any atom is -0.314 e. The van der Waals surface area contributed by atoms with Crippen molar-refractivity contribution in [1.29, 1.82) is 0 Å². The van der Waals surface area contributed by atoms with Gasteiger partial charge in [0.15, 0.2) is 0 Å². The highest BCUT2D eigenvalue weighted by Gasteiger charge is 2.10. The number of piperazine rings is 1. The second kappa shape index (κ2) is 6.98. The summed E-state index contributed by atoms with van der Waals surface area (Å²) in [5.41, 5.74) is 0. The first-order chi connectivity index (χ1) is 6.33. The SMILES string of the molecule is CSS[C@@H](C)CCN1CCNCC1. The van der Waals surface area contributed by atoms with Crippen molar-refractivity contribution in [3.8, 4) is 0 Å². The van der Waals surface area contributed by atoms with E-state index in [9.17, 15) is 0 Å². The van der Waals surface area contributed by atoms with Crippen LogP contribution in [0.1, 0.15) is 13.3 Å². The predicted octanol–water partition coefficient (Wildman–Crippen LogP) is 1.68. The Hall–Kier alpha value is 0.620. The predicted molar refractivity (Wildman–Crippen MR) is 64.5 cm³/mol. The average Bonchev–Trinajstić information content (AvgIpc) is 2.17. The Balaban J connectivity index is 2.03. The first-order valence-corrected chi connectivity index (χ1v) is 7.57. The van der Waals surface area contributed by atoms with Crippen LogP contribution in [-0.2, 0) is 0 Å². The molecule has 13 heavy (non-hydrogen) atoms. The van der Waals surface area contributed by atoms with E-state index < -0.39 is 0 Å². The van der Waals surface area contributed by atoms with Gasteiger partial charge in [-0.25, -0.2) is 0 Å². The highest BCUT2D eigenvalue weighted by Crippen LogP contribution is 2.25. The summed E-state index contributed by atoms with van der Waals surface area (Å²) in [6, 6.07) is 0. The Morgan fingerprint density at radius 1 is 1.38 bits per heavy atom. The summed E-state index contributed by atoms with van der Waals surface area (Å²) >= 11 is 0. The quantitative estimate of drug-likeness (QED) is 0.709. The maximum atomic E-state index is 3.38. The zero-order valence-electron chi connectivity index (χ0n) is 8.58. The molecule has 1 N–H and O–H groups in total. The molecule has 1 aliphatic heterocycles. The minimum absolute atomic E-state index is 0.796. The first kappa shape index (κ1) is 11.7. The van der Waals surface area contributed by atoms with Gasteiger partial charge in [-0.05, 0) is 19.2 Å². The van der Waals surface area contributed by atoms with Gasteiger partial charge in [-0.2, -0.15) is 0 Å². The van der Waals surface area contributed by atoms with Crippen molar-refractivity contribution in [2.24, 2.45) is 0 Å². The number of nitrogens with zero attached hydrogens (tertiary/aromatic N) is 1. The van der Waals surface area contributed by atoms with Gasteiger partial charge in [0.25, 0.3) is 0 Å². The highest BCUT2D eigenvalue weighted by molar-refractivity contribution is 8.76. The Labute approximate surface area is 89.6 Å². The molecular formula is C9H20N2S2. The lowest BCUT2D eigenvalue weighted by molar-refractivity contribution is 0.239. The lowest BCUT2D eigenvalue weighted by atomic mass is 10.3. The molecule has 78 valence electrons. The number of hydrogen-bond acceptors (Lipinski definition) is 4. The third-order valence-corrected chi connectivity index (χ3v) is 4.64. The number of nitrogens with one attached hydrogen (secondary N) is 1. The van der Waals surface area contributed by atoms with Crippen LogP contribution < -0.4 is 5.32 Å². The summed E-state index contributed by atoms with van der Waals surface area (Å²) < 4.78 is 0. The molecule has 0 bridgehead atoms. The van der Waals surface area contributed by atoms with Crippen LogP contribution in [0.25, 0.3) is 0 Å². The molecule has 1 atom stereocenters. The van der Waals surface area contributed by atoms with E-state index >= 15 is 0 Å². The highest BCUT2D eigenvalue weighted by atomic mass is 33.1. The van der Waals surface area contributed by atoms with Crippen molar-refractivity contribution in [2.45, 2.75) is 18.6 Å². The second-order valence-electron chi connectivity index (χ2n) is 3.45. The van der Waals surface area contributed by atoms with Crippen molar-refractivity contribution < 1.29 is 0 Å². The van der Waals surface area contributed by atoms with Crippen LogP contribution in [0.2, 0.25) is 0 Å². The van der Waals surface area contributed by atoms with Gasteiger partial charge in [0, 0.05) is 31.4 Å². The van der Waals surface area contributed by atoms with Crippen molar-refractivity contribution in [3.05, 3.63) is 0 Å². The molecule has 1 rings (SSSR count). The van der Waals surface area contributed by atoms with Gasteiger partial charge in [-0.3, -0.25) is 0 Å². The van der Waals surface area contributed by atoms with Gasteiger partial charge < -0.3 is 10.2 Å². The number of hydrogen-bond donors (Lipinski definition) is 1. The van der Waals surface area contributed by atoms with Crippen LogP contribution in [0.3, 0.4) is 0 Å². The molecule has 1 aliphatic rings. The van der Waals surface area contributed by atoms with Gasteiger partial charge in [0.1, 0.15) is 0 Å². The number of rotatable bonds is 5. The lowest BCUT2D eigenvalue weighted by Gasteiger charge is -2.27. The fourth-order valence-corrected chi connectivity index (χ4v) is 3.32. The Bertz CT molecular complexity index is 127. The molecule has 0 aromatic carbocycles. The smallest absolute Gasteiger partial charge is 0.0135 e. The van der Waals surface area contributed by atoms with E-state index in [1.807, 2.05) is 21.6 Å². The lowest BCUT2D eigenvalue weighted by Crippen LogP contribution is -2.44. The first-order valence-electron chi connectivity index (χ1n) is 4.95. The van der Waals surface area contributed by atoms with Crippen LogP contribution in [0.15, 0.2) is 0 Å². The summed E-state index contributed by atoms with van der Waals surface area (Å²) in [5, 5.41) is 4.17. The zero-order valence-corrected chi connectivity index (χ0v) is 10.2. The monoisotopic (exact) mass is 220 g/mol. The molecular weight excluding hydrogens is 200 g/mol. The molecule has 2 nitrogen and oxygen atoms in total. The van der Waals surface area contributed by atoms with E-state index in [4.69, 9.17) is 0 Å². The van der Waals surface area contributed by atoms with E-state index in [0.717, 1.165) is 5.25 Å². The molecule has 4 heteroatoms. The van der Waals surface area contributed by atoms with E-state index in [1.54, 1.807) is 0 Å². The summed E-state index contributed by atoms with van der Waals surface area (Å²) in [5.74, 6) is 0. The van der Waals surface area contributed by atoms with Crippen LogP contribution >= 0.6 is 21.6 Å². The maximum absolute atomic E-state index is 3.38. The molecule has 0 saturated carbocycles. The molecule has 0 spiro atoms. The molecule has 0 unspecified atom stereocenters. The van der Waals surface area contributed by atoms with Crippen LogP contribution in [0.5, 0.6) is 0 Å². The topological polar surface area (TPSA) is 15.3 Å². The van der Waals surface area contributed by atoms with Crippen molar-refractivity contribution in [1.82, 2.24) is 10.2 Å². The van der Waals surface area contributed by atoms with Gasteiger partial charge in [0.2, 0.25) is 0 Å². The standard InChI is InChI=1S/C9H20N2S2/c1-9(13-12-2)3-6-11-7-4-10-5-8-11/h9-10H,3-8H2,1-2H3/t9-/m0/s1. The Morgan fingerprint density at radius 3 is 2.69 bits per heavy atom. The van der Waals surface area contributed by atoms with Gasteiger partial charge in [0.05, 0.1) is 0 Å². The third-order valence-electron chi connectivity index (χ3n) is 2.32. The third kappa shape index (κ3) is 5.15. The summed E-state index contributed by atoms with van der Waals surface area (Å²) in [7, 11) is 3.88. The van der Waals surface area contributed by atoms with Gasteiger partial charge in [-0.15, -0.1) is 0 Å². The van der Waals surface area contributed by atoms with E-state index in [1.165, 1.54) is 39.1 Å². The van der Waals surface area contributed by atoms with Crippen molar-refractivity contribution >= 4 is 21.6 Å². The van der Waals surface area contributed by atoms with Crippen LogP contribution in [0, 0.1) is 0 Å². The summed E-state index contributed by atoms with van der Waals surface area (Å²) in [4.78, 5) is 2.56.